The molecule has 0 fully saturated rings. The fraction of sp³-hybridized carbons (Fsp3) is 0.333. The summed E-state index contributed by atoms with van der Waals surface area (Å²) in [6, 6.07) is 7.54. The minimum absolute atomic E-state index is 0.154. The Labute approximate surface area is 124 Å². The molecule has 0 saturated carbocycles. The summed E-state index contributed by atoms with van der Waals surface area (Å²) >= 11 is 0. The van der Waals surface area contributed by atoms with Gasteiger partial charge < -0.3 is 20.2 Å². The highest BCUT2D eigenvalue weighted by Crippen LogP contribution is 2.16. The normalized spacial score (nSPS) is 11.7. The number of aliphatic imine (C=N–C) groups is 1. The highest BCUT2D eigenvalue weighted by molar-refractivity contribution is 5.92. The summed E-state index contributed by atoms with van der Waals surface area (Å²) in [4.78, 5) is 8.19. The molecule has 1 aromatic carbocycles. The van der Waals surface area contributed by atoms with Crippen LogP contribution in [0.1, 0.15) is 25.5 Å². The fourth-order valence-electron chi connectivity index (χ4n) is 1.72. The predicted molar refractivity (Wildman–Crippen MR) is 82.4 cm³/mol. The van der Waals surface area contributed by atoms with Crippen LogP contribution < -0.4 is 15.8 Å². The highest BCUT2D eigenvalue weighted by Gasteiger charge is 2.01. The van der Waals surface area contributed by atoms with Crippen LogP contribution in [-0.2, 0) is 6.54 Å². The van der Waals surface area contributed by atoms with Gasteiger partial charge in [0.1, 0.15) is 18.1 Å². The minimum Gasteiger partial charge on any atom is -0.491 e. The number of ether oxygens (including phenoxy) is 1. The van der Waals surface area contributed by atoms with E-state index in [1.807, 2.05) is 38.1 Å². The molecule has 112 valence electrons. The van der Waals surface area contributed by atoms with Crippen LogP contribution in [0, 0.1) is 6.92 Å². The van der Waals surface area contributed by atoms with Gasteiger partial charge in [-0.15, -0.1) is 0 Å². The molecule has 1 aromatic heterocycles. The van der Waals surface area contributed by atoms with Crippen LogP contribution in [0.3, 0.4) is 0 Å². The Morgan fingerprint density at radius 3 is 2.67 bits per heavy atom. The van der Waals surface area contributed by atoms with E-state index in [9.17, 15) is 0 Å². The minimum atomic E-state index is 0.154. The van der Waals surface area contributed by atoms with Crippen molar-refractivity contribution in [1.82, 2.24) is 4.98 Å². The summed E-state index contributed by atoms with van der Waals surface area (Å²) in [6.07, 6.45) is 1.80. The van der Waals surface area contributed by atoms with Gasteiger partial charge in [-0.3, -0.25) is 0 Å². The number of benzene rings is 1. The second-order valence-electron chi connectivity index (χ2n) is 4.86. The van der Waals surface area contributed by atoms with Crippen molar-refractivity contribution in [3.8, 4) is 5.75 Å². The number of guanidine groups is 1. The van der Waals surface area contributed by atoms with Crippen LogP contribution in [0.5, 0.6) is 5.75 Å². The number of hydrogen-bond acceptors (Lipinski definition) is 4. The Bertz CT molecular complexity index is 602. The van der Waals surface area contributed by atoms with Gasteiger partial charge in [-0.05, 0) is 38.1 Å². The number of anilines is 1. The van der Waals surface area contributed by atoms with Gasteiger partial charge in [0.05, 0.1) is 12.3 Å². The van der Waals surface area contributed by atoms with E-state index in [0.29, 0.717) is 24.2 Å². The van der Waals surface area contributed by atoms with Crippen molar-refractivity contribution >= 4 is 11.6 Å². The van der Waals surface area contributed by atoms with Crippen LogP contribution in [0.4, 0.5) is 5.69 Å². The van der Waals surface area contributed by atoms with E-state index >= 15 is 0 Å². The molecule has 6 nitrogen and oxygen atoms in total. The lowest BCUT2D eigenvalue weighted by Crippen LogP contribution is -2.22. The number of nitrogens with zero attached hydrogens (tertiary/aromatic N) is 2. The third kappa shape index (κ3) is 4.83. The molecule has 1 heterocycles. The summed E-state index contributed by atoms with van der Waals surface area (Å²) in [5.41, 5.74) is 6.67. The first kappa shape index (κ1) is 14.9. The number of nitrogens with two attached hydrogens (primary N) is 1. The third-order valence-electron chi connectivity index (χ3n) is 2.57. The number of hydrogen-bond donors (Lipinski definition) is 2. The van der Waals surface area contributed by atoms with Gasteiger partial charge in [-0.1, -0.05) is 0 Å². The first-order chi connectivity index (χ1) is 10.0. The van der Waals surface area contributed by atoms with Gasteiger partial charge in [0.2, 0.25) is 0 Å². The van der Waals surface area contributed by atoms with Gasteiger partial charge >= 0.3 is 0 Å². The van der Waals surface area contributed by atoms with E-state index in [2.05, 4.69) is 15.3 Å². The van der Waals surface area contributed by atoms with E-state index in [-0.39, 0.29) is 6.10 Å². The van der Waals surface area contributed by atoms with E-state index in [4.69, 9.17) is 14.9 Å². The molecule has 0 radical (unpaired) electrons. The summed E-state index contributed by atoms with van der Waals surface area (Å²) in [5, 5.41) is 3.01. The second-order valence-corrected chi connectivity index (χ2v) is 4.86. The molecule has 0 aliphatic rings. The third-order valence-corrected chi connectivity index (χ3v) is 2.57. The molecule has 0 bridgehead atoms. The summed E-state index contributed by atoms with van der Waals surface area (Å²) < 4.78 is 10.9. The topological polar surface area (TPSA) is 85.7 Å². The zero-order valence-electron chi connectivity index (χ0n) is 12.5. The van der Waals surface area contributed by atoms with Crippen molar-refractivity contribution in [1.29, 1.82) is 0 Å². The molecule has 6 heteroatoms. The number of nitrogens with one attached hydrogen (secondary N) is 1. The van der Waals surface area contributed by atoms with Gasteiger partial charge in [-0.2, -0.15) is 0 Å². The number of aromatic nitrogens is 1. The summed E-state index contributed by atoms with van der Waals surface area (Å²) in [6.45, 7) is 6.12. The maximum absolute atomic E-state index is 5.82. The molecule has 0 atom stereocenters. The Balaban J connectivity index is 1.91. The predicted octanol–water partition coefficient (Wildman–Crippen LogP) is 2.70. The Hall–Kier alpha value is -2.50. The molecule has 0 aliphatic carbocycles. The van der Waals surface area contributed by atoms with E-state index in [1.165, 1.54) is 0 Å². The largest absolute Gasteiger partial charge is 0.491 e. The smallest absolute Gasteiger partial charge is 0.193 e. The SMILES string of the molecule is Cc1ncc(CN=C(N)Nc2ccc(OC(C)C)cc2)o1. The van der Waals surface area contributed by atoms with Crippen LogP contribution >= 0.6 is 0 Å². The molecule has 0 unspecified atom stereocenters. The average Bonchev–Trinajstić information content (AvgIpc) is 2.84. The molecule has 0 spiro atoms. The van der Waals surface area contributed by atoms with Crippen LogP contribution in [-0.4, -0.2) is 17.0 Å². The highest BCUT2D eigenvalue weighted by atomic mass is 16.5. The van der Waals surface area contributed by atoms with Crippen LogP contribution in [0.2, 0.25) is 0 Å². The first-order valence-electron chi connectivity index (χ1n) is 6.78. The fourth-order valence-corrected chi connectivity index (χ4v) is 1.72. The van der Waals surface area contributed by atoms with E-state index in [1.54, 1.807) is 13.1 Å². The van der Waals surface area contributed by atoms with Gasteiger partial charge in [0, 0.05) is 12.6 Å². The molecular formula is C15H20N4O2. The Morgan fingerprint density at radius 1 is 1.38 bits per heavy atom. The molecule has 2 aromatic rings. The molecule has 21 heavy (non-hydrogen) atoms. The first-order valence-corrected chi connectivity index (χ1v) is 6.78. The Morgan fingerprint density at radius 2 is 2.10 bits per heavy atom. The van der Waals surface area contributed by atoms with Crippen molar-refractivity contribution in [2.75, 3.05) is 5.32 Å². The van der Waals surface area contributed by atoms with E-state index in [0.717, 1.165) is 11.4 Å². The lowest BCUT2D eigenvalue weighted by molar-refractivity contribution is 0.242. The van der Waals surface area contributed by atoms with Crippen LogP contribution in [0.25, 0.3) is 0 Å². The van der Waals surface area contributed by atoms with Gasteiger partial charge in [-0.25, -0.2) is 9.98 Å². The number of oxazole rings is 1. The zero-order chi connectivity index (χ0) is 15.2. The molecular weight excluding hydrogens is 268 g/mol. The maximum Gasteiger partial charge on any atom is 0.193 e. The maximum atomic E-state index is 5.82. The van der Waals surface area contributed by atoms with Crippen molar-refractivity contribution in [2.24, 2.45) is 10.7 Å². The van der Waals surface area contributed by atoms with E-state index < -0.39 is 0 Å². The van der Waals surface area contributed by atoms with Crippen molar-refractivity contribution in [3.05, 3.63) is 42.1 Å². The lowest BCUT2D eigenvalue weighted by atomic mass is 10.3. The zero-order valence-corrected chi connectivity index (χ0v) is 12.5. The lowest BCUT2D eigenvalue weighted by Gasteiger charge is -2.10. The monoisotopic (exact) mass is 288 g/mol. The van der Waals surface area contributed by atoms with Gasteiger partial charge in [0.15, 0.2) is 11.9 Å². The van der Waals surface area contributed by atoms with Crippen molar-refractivity contribution in [3.63, 3.8) is 0 Å². The summed E-state index contributed by atoms with van der Waals surface area (Å²) in [7, 11) is 0. The quantitative estimate of drug-likeness (QED) is 0.652. The van der Waals surface area contributed by atoms with Crippen LogP contribution in [0.15, 0.2) is 39.9 Å². The van der Waals surface area contributed by atoms with Gasteiger partial charge in [0.25, 0.3) is 0 Å². The standard InChI is InChI=1S/C15H20N4O2/c1-10(2)20-13-6-4-12(5-7-13)19-15(16)18-9-14-8-17-11(3)21-14/h4-8,10H,9H2,1-3H3,(H3,16,18,19). The number of rotatable bonds is 5. The summed E-state index contributed by atoms with van der Waals surface area (Å²) in [5.74, 6) is 2.44. The second kappa shape index (κ2) is 6.78. The molecule has 0 saturated heterocycles. The van der Waals surface area contributed by atoms with Crippen molar-refractivity contribution in [2.45, 2.75) is 33.4 Å². The molecule has 0 amide bonds. The molecule has 0 aliphatic heterocycles. The van der Waals surface area contributed by atoms with Crippen molar-refractivity contribution < 1.29 is 9.15 Å². The average molecular weight is 288 g/mol. The molecule has 3 N–H and O–H groups in total. The number of aryl methyl sites for hydroxylation is 1. The molecule has 2 rings (SSSR count). The Kier molecular flexibility index (Phi) is 4.81.